The Morgan fingerprint density at radius 3 is 2.58 bits per heavy atom. The minimum atomic E-state index is -3.82. The maximum Gasteiger partial charge on any atom is 0.262 e. The molecule has 2 aromatic carbocycles. The molecule has 0 fully saturated rings. The van der Waals surface area contributed by atoms with E-state index in [2.05, 4.69) is 15.1 Å². The normalized spacial score (nSPS) is 11.9. The fourth-order valence-corrected chi connectivity index (χ4v) is 4.73. The van der Waals surface area contributed by atoms with Gasteiger partial charge >= 0.3 is 0 Å². The molecule has 4 aromatic rings. The first-order chi connectivity index (χ1) is 15.8. The van der Waals surface area contributed by atoms with Crippen LogP contribution in [0.1, 0.15) is 0 Å². The van der Waals surface area contributed by atoms with Crippen LogP contribution in [0.3, 0.4) is 0 Å². The molecular formula is C22H23N5O5S. The molecule has 2 aromatic heterocycles. The second-order valence-corrected chi connectivity index (χ2v) is 9.41. The molecule has 33 heavy (non-hydrogen) atoms. The monoisotopic (exact) mass is 469 g/mol. The number of ether oxygens (including phenoxy) is 1. The number of aliphatic hydroxyl groups is 1. The van der Waals surface area contributed by atoms with E-state index in [-0.39, 0.29) is 35.2 Å². The summed E-state index contributed by atoms with van der Waals surface area (Å²) in [6, 6.07) is 13.6. The first-order valence-electron chi connectivity index (χ1n) is 10.1. The van der Waals surface area contributed by atoms with Crippen molar-refractivity contribution in [2.45, 2.75) is 4.90 Å². The van der Waals surface area contributed by atoms with E-state index in [1.807, 2.05) is 30.3 Å². The van der Waals surface area contributed by atoms with Crippen molar-refractivity contribution in [3.8, 4) is 28.4 Å². The summed E-state index contributed by atoms with van der Waals surface area (Å²) in [7, 11) is 0.665. The van der Waals surface area contributed by atoms with E-state index in [0.717, 1.165) is 9.87 Å². The molecular weight excluding hydrogens is 446 g/mol. The molecule has 0 saturated heterocycles. The Labute approximate surface area is 190 Å². The van der Waals surface area contributed by atoms with E-state index in [4.69, 9.17) is 9.84 Å². The van der Waals surface area contributed by atoms with Gasteiger partial charge in [0.25, 0.3) is 5.56 Å². The van der Waals surface area contributed by atoms with Crippen LogP contribution in [0.25, 0.3) is 33.7 Å². The molecule has 0 aliphatic carbocycles. The van der Waals surface area contributed by atoms with Gasteiger partial charge in [0.1, 0.15) is 22.7 Å². The molecule has 4 rings (SSSR count). The molecule has 11 heteroatoms. The highest BCUT2D eigenvalue weighted by Crippen LogP contribution is 2.32. The molecule has 2 heterocycles. The molecule has 0 spiro atoms. The highest BCUT2D eigenvalue weighted by Gasteiger charge is 2.23. The van der Waals surface area contributed by atoms with Crippen molar-refractivity contribution in [2.24, 2.45) is 7.05 Å². The molecule has 0 unspecified atom stereocenters. The maximum atomic E-state index is 13.1. The molecule has 0 atom stereocenters. The number of aromatic nitrogens is 4. The quantitative estimate of drug-likeness (QED) is 0.420. The summed E-state index contributed by atoms with van der Waals surface area (Å²) in [4.78, 5) is 20.4. The number of sulfonamides is 1. The zero-order chi connectivity index (χ0) is 23.8. The summed E-state index contributed by atoms with van der Waals surface area (Å²) in [5, 5.41) is 13.9. The highest BCUT2D eigenvalue weighted by atomic mass is 32.2. The summed E-state index contributed by atoms with van der Waals surface area (Å²) in [5.74, 6) is 0.445. The zero-order valence-electron chi connectivity index (χ0n) is 18.3. The molecule has 0 radical (unpaired) electrons. The summed E-state index contributed by atoms with van der Waals surface area (Å²) in [6.45, 7) is -0.339. The number of fused-ring (bicyclic) bond motifs is 1. The van der Waals surface area contributed by atoms with E-state index in [0.29, 0.717) is 22.3 Å². The van der Waals surface area contributed by atoms with Crippen molar-refractivity contribution >= 4 is 21.1 Å². The SMILES string of the molecule is COc1cc(S(=O)(=O)N(C)CCO)ccc1-c1nc2c(c(-c3ccccc3)nn2C)c(=O)[nH]1. The largest absolute Gasteiger partial charge is 0.496 e. The Morgan fingerprint density at radius 1 is 1.18 bits per heavy atom. The Balaban J connectivity index is 1.85. The van der Waals surface area contributed by atoms with E-state index in [9.17, 15) is 13.2 Å². The number of benzene rings is 2. The van der Waals surface area contributed by atoms with Crippen LogP contribution >= 0.6 is 0 Å². The van der Waals surface area contributed by atoms with Gasteiger partial charge in [-0.05, 0) is 12.1 Å². The topological polar surface area (TPSA) is 130 Å². The van der Waals surface area contributed by atoms with Gasteiger partial charge in [0, 0.05) is 32.3 Å². The van der Waals surface area contributed by atoms with Crippen LogP contribution in [0.5, 0.6) is 5.75 Å². The van der Waals surface area contributed by atoms with Crippen LogP contribution in [0.15, 0.2) is 58.2 Å². The van der Waals surface area contributed by atoms with Gasteiger partial charge in [0.2, 0.25) is 10.0 Å². The summed E-state index contributed by atoms with van der Waals surface area (Å²) in [5.41, 5.74) is 1.75. The van der Waals surface area contributed by atoms with Crippen LogP contribution in [0.4, 0.5) is 0 Å². The number of methoxy groups -OCH3 is 1. The zero-order valence-corrected chi connectivity index (χ0v) is 19.1. The lowest BCUT2D eigenvalue weighted by Gasteiger charge is -2.17. The number of aliphatic hydroxyl groups excluding tert-OH is 1. The molecule has 0 saturated carbocycles. The van der Waals surface area contributed by atoms with Gasteiger partial charge < -0.3 is 14.8 Å². The van der Waals surface area contributed by atoms with Gasteiger partial charge in [0.05, 0.1) is 24.2 Å². The maximum absolute atomic E-state index is 13.1. The third-order valence-electron chi connectivity index (χ3n) is 5.29. The van der Waals surface area contributed by atoms with Gasteiger partial charge in [-0.3, -0.25) is 4.79 Å². The van der Waals surface area contributed by atoms with Crippen molar-refractivity contribution in [1.82, 2.24) is 24.1 Å². The van der Waals surface area contributed by atoms with Crippen LogP contribution < -0.4 is 10.3 Å². The van der Waals surface area contributed by atoms with Crippen molar-refractivity contribution in [2.75, 3.05) is 27.3 Å². The molecule has 10 nitrogen and oxygen atoms in total. The number of rotatable bonds is 7. The Kier molecular flexibility index (Phi) is 6.02. The average molecular weight is 470 g/mol. The first-order valence-corrected chi connectivity index (χ1v) is 11.5. The first kappa shape index (κ1) is 22.6. The van der Waals surface area contributed by atoms with E-state index < -0.39 is 10.0 Å². The molecule has 0 aliphatic rings. The van der Waals surface area contributed by atoms with Crippen LogP contribution in [-0.4, -0.2) is 64.9 Å². The van der Waals surface area contributed by atoms with E-state index in [1.54, 1.807) is 7.05 Å². The van der Waals surface area contributed by atoms with Gasteiger partial charge in [-0.25, -0.2) is 18.1 Å². The number of aryl methyl sites for hydroxylation is 1. The van der Waals surface area contributed by atoms with Crippen molar-refractivity contribution in [1.29, 1.82) is 0 Å². The van der Waals surface area contributed by atoms with E-state index >= 15 is 0 Å². The smallest absolute Gasteiger partial charge is 0.262 e. The Hall–Kier alpha value is -3.54. The number of aromatic amines is 1. The number of nitrogens with one attached hydrogen (secondary N) is 1. The predicted molar refractivity (Wildman–Crippen MR) is 123 cm³/mol. The summed E-state index contributed by atoms with van der Waals surface area (Å²) < 4.78 is 33.4. The van der Waals surface area contributed by atoms with Crippen LogP contribution in [0.2, 0.25) is 0 Å². The standard InChI is InChI=1S/C22H23N5O5S/c1-26(11-12-28)33(30,31)15-9-10-16(17(13-15)32-3)20-23-21-18(22(29)24-20)19(25-27(21)2)14-7-5-4-6-8-14/h4-10,13,28H,11-12H2,1-3H3,(H,23,24,29). The number of hydrogen-bond donors (Lipinski definition) is 2. The van der Waals surface area contributed by atoms with Crippen LogP contribution in [-0.2, 0) is 17.1 Å². The van der Waals surface area contributed by atoms with Crippen molar-refractivity contribution in [3.05, 3.63) is 58.9 Å². The fraction of sp³-hybridized carbons (Fsp3) is 0.227. The van der Waals surface area contributed by atoms with E-state index in [1.165, 1.54) is 37.0 Å². The van der Waals surface area contributed by atoms with Gasteiger partial charge in [-0.15, -0.1) is 0 Å². The Bertz CT molecular complexity index is 1480. The van der Waals surface area contributed by atoms with Gasteiger partial charge in [-0.2, -0.15) is 9.40 Å². The molecule has 0 aliphatic heterocycles. The lowest BCUT2D eigenvalue weighted by molar-refractivity contribution is 0.266. The molecule has 0 amide bonds. The number of likely N-dealkylation sites (N-methyl/N-ethyl adjacent to an activating group) is 1. The van der Waals surface area contributed by atoms with Crippen molar-refractivity contribution < 1.29 is 18.3 Å². The third kappa shape index (κ3) is 4.01. The van der Waals surface area contributed by atoms with Crippen molar-refractivity contribution in [3.63, 3.8) is 0 Å². The minimum Gasteiger partial charge on any atom is -0.496 e. The third-order valence-corrected chi connectivity index (χ3v) is 7.14. The lowest BCUT2D eigenvalue weighted by atomic mass is 10.1. The second kappa shape index (κ2) is 8.77. The Morgan fingerprint density at radius 2 is 1.91 bits per heavy atom. The number of nitrogens with zero attached hydrogens (tertiary/aromatic N) is 4. The van der Waals surface area contributed by atoms with Crippen LogP contribution in [0, 0.1) is 0 Å². The fourth-order valence-electron chi connectivity index (χ4n) is 3.55. The summed E-state index contributed by atoms with van der Waals surface area (Å²) in [6.07, 6.45) is 0. The van der Waals surface area contributed by atoms with Gasteiger partial charge in [-0.1, -0.05) is 30.3 Å². The molecule has 2 N–H and O–H groups in total. The molecule has 0 bridgehead atoms. The van der Waals surface area contributed by atoms with Gasteiger partial charge in [0.15, 0.2) is 5.65 Å². The number of hydrogen-bond acceptors (Lipinski definition) is 7. The lowest BCUT2D eigenvalue weighted by Crippen LogP contribution is -2.29. The second-order valence-electron chi connectivity index (χ2n) is 7.36. The minimum absolute atomic E-state index is 0.00521. The predicted octanol–water partition coefficient (Wildman–Crippen LogP) is 1.61. The average Bonchev–Trinajstić information content (AvgIpc) is 3.16. The summed E-state index contributed by atoms with van der Waals surface area (Å²) >= 11 is 0. The molecule has 172 valence electrons. The number of H-pyrrole nitrogens is 1. The highest BCUT2D eigenvalue weighted by molar-refractivity contribution is 7.89.